The van der Waals surface area contributed by atoms with Gasteiger partial charge in [-0.1, -0.05) is 12.1 Å². The van der Waals surface area contributed by atoms with E-state index in [1.807, 2.05) is 23.9 Å². The molecule has 0 spiro atoms. The van der Waals surface area contributed by atoms with E-state index >= 15 is 0 Å². The van der Waals surface area contributed by atoms with Crippen molar-refractivity contribution in [3.05, 3.63) is 29.3 Å². The van der Waals surface area contributed by atoms with Gasteiger partial charge in [-0.3, -0.25) is 9.59 Å². The molecule has 1 atom stereocenters. The van der Waals surface area contributed by atoms with Gasteiger partial charge in [-0.05, 0) is 62.8 Å². The molecule has 0 unspecified atom stereocenters. The van der Waals surface area contributed by atoms with E-state index in [1.165, 1.54) is 6.92 Å². The molecule has 0 saturated heterocycles. The Kier molecular flexibility index (Phi) is 8.21. The number of hydrogen-bond acceptors (Lipinski definition) is 6. The molecule has 1 aromatic carbocycles. The highest BCUT2D eigenvalue weighted by Gasteiger charge is 2.37. The van der Waals surface area contributed by atoms with Gasteiger partial charge in [0.2, 0.25) is 0 Å². The predicted octanol–water partition coefficient (Wildman–Crippen LogP) is 3.54. The van der Waals surface area contributed by atoms with Gasteiger partial charge in [0.15, 0.2) is 5.78 Å². The number of carbonyl (C=O) groups is 2. The van der Waals surface area contributed by atoms with E-state index < -0.39 is 7.12 Å². The minimum absolute atomic E-state index is 0.0814. The Hall–Kier alpha value is -1.31. The largest absolute Gasteiger partial charge is 0.535 e. The molecule has 158 valence electrons. The molecule has 0 amide bonds. The number of para-hydroxylation sites is 1. The Morgan fingerprint density at radius 3 is 2.69 bits per heavy atom. The molecule has 0 radical (unpaired) electrons. The quantitative estimate of drug-likeness (QED) is 0.364. The van der Waals surface area contributed by atoms with Crippen LogP contribution >= 0.6 is 11.8 Å². The summed E-state index contributed by atoms with van der Waals surface area (Å²) >= 11 is 1.86. The zero-order chi connectivity index (χ0) is 20.8. The van der Waals surface area contributed by atoms with Gasteiger partial charge in [-0.25, -0.2) is 0 Å². The second-order valence-electron chi connectivity index (χ2n) is 8.43. The highest BCUT2D eigenvalue weighted by Crippen LogP contribution is 2.37. The summed E-state index contributed by atoms with van der Waals surface area (Å²) in [7, 11) is -1.04. The van der Waals surface area contributed by atoms with Crippen molar-refractivity contribution in [2.75, 3.05) is 18.6 Å². The van der Waals surface area contributed by atoms with E-state index in [9.17, 15) is 14.6 Å². The van der Waals surface area contributed by atoms with Crippen molar-refractivity contribution in [3.63, 3.8) is 0 Å². The Morgan fingerprint density at radius 2 is 2.00 bits per heavy atom. The van der Waals surface area contributed by atoms with Crippen LogP contribution in [0.2, 0.25) is 5.82 Å². The van der Waals surface area contributed by atoms with Gasteiger partial charge >= 0.3 is 7.12 Å². The molecule has 2 N–H and O–H groups in total. The molecule has 1 fully saturated rings. The average molecular weight is 417 g/mol. The molecule has 1 aromatic rings. The summed E-state index contributed by atoms with van der Waals surface area (Å²) in [6, 6.07) is 6.05. The number of fused-ring (bicyclic) bond motifs is 1. The van der Waals surface area contributed by atoms with E-state index in [-0.39, 0.29) is 17.4 Å². The maximum Gasteiger partial charge on any atom is 0.526 e. The summed E-state index contributed by atoms with van der Waals surface area (Å²) in [5.74, 6) is 1.95. The fourth-order valence-corrected chi connectivity index (χ4v) is 4.89. The van der Waals surface area contributed by atoms with Crippen molar-refractivity contribution in [3.8, 4) is 5.75 Å². The van der Waals surface area contributed by atoms with Gasteiger partial charge in [-0.15, -0.1) is 0 Å². The molecule has 1 heterocycles. The van der Waals surface area contributed by atoms with Crippen molar-refractivity contribution in [2.45, 2.75) is 63.7 Å². The van der Waals surface area contributed by atoms with Gasteiger partial charge in [0, 0.05) is 37.0 Å². The zero-order valence-corrected chi connectivity index (χ0v) is 18.3. The lowest BCUT2D eigenvalue weighted by molar-refractivity contribution is -0.120. The monoisotopic (exact) mass is 417 g/mol. The molecule has 5 nitrogen and oxygen atoms in total. The van der Waals surface area contributed by atoms with Crippen LogP contribution in [0.4, 0.5) is 0 Å². The first-order valence-electron chi connectivity index (χ1n) is 10.7. The number of Topliss-reactive ketones (excluding diaryl/α,β-unsaturated/α-hetero) is 2. The van der Waals surface area contributed by atoms with Crippen LogP contribution in [0.3, 0.4) is 0 Å². The Balaban J connectivity index is 1.48. The zero-order valence-electron chi connectivity index (χ0n) is 17.5. The number of benzene rings is 1. The molecule has 0 aromatic heterocycles. The third-order valence-electron chi connectivity index (χ3n) is 6.19. The molecule has 1 saturated carbocycles. The number of nitrogens with one attached hydrogen (secondary N) is 1. The second kappa shape index (κ2) is 10.6. The number of ketones is 2. The first-order chi connectivity index (χ1) is 14.0. The van der Waals surface area contributed by atoms with Gasteiger partial charge in [0.05, 0.1) is 5.56 Å². The lowest BCUT2D eigenvalue weighted by Gasteiger charge is -2.30. The molecule has 29 heavy (non-hydrogen) atoms. The van der Waals surface area contributed by atoms with Crippen LogP contribution < -0.4 is 9.97 Å². The van der Waals surface area contributed by atoms with Crippen molar-refractivity contribution >= 4 is 30.4 Å². The first-order valence-corrected chi connectivity index (χ1v) is 12.1. The van der Waals surface area contributed by atoms with Gasteiger partial charge in [0.25, 0.3) is 0 Å². The smallest absolute Gasteiger partial charge is 0.526 e. The normalized spacial score (nSPS) is 24.0. The summed E-state index contributed by atoms with van der Waals surface area (Å²) in [5, 5.41) is 14.0. The Labute approximate surface area is 178 Å². The molecule has 7 heteroatoms. The highest BCUT2D eigenvalue weighted by atomic mass is 32.2. The molecular weight excluding hydrogens is 385 g/mol. The van der Waals surface area contributed by atoms with E-state index in [1.54, 1.807) is 6.07 Å². The van der Waals surface area contributed by atoms with E-state index in [2.05, 4.69) is 11.6 Å². The van der Waals surface area contributed by atoms with E-state index in [4.69, 9.17) is 4.65 Å². The average Bonchev–Trinajstić information content (AvgIpc) is 2.69. The summed E-state index contributed by atoms with van der Waals surface area (Å²) in [6.45, 7) is 2.55. The minimum atomic E-state index is -1.04. The third-order valence-corrected chi connectivity index (χ3v) is 6.80. The Bertz CT molecular complexity index is 721. The van der Waals surface area contributed by atoms with E-state index in [0.29, 0.717) is 42.5 Å². The molecule has 1 aliphatic carbocycles. The van der Waals surface area contributed by atoms with Crippen LogP contribution in [0.5, 0.6) is 5.75 Å². The van der Waals surface area contributed by atoms with Crippen LogP contribution in [0.15, 0.2) is 18.2 Å². The van der Waals surface area contributed by atoms with Crippen molar-refractivity contribution in [1.29, 1.82) is 0 Å². The maximum atomic E-state index is 12.7. The number of carbonyl (C=O) groups excluding carboxylic acids is 2. The predicted molar refractivity (Wildman–Crippen MR) is 119 cm³/mol. The molecular formula is C22H32BNO4S. The standard InChI is InChI=1S/C22H32BNO4S/c1-15(25)21-5-3-4-17-13-18(23(27)28-22(17)21)14-20(26)12-16-6-8-19(9-7-16)24-10-11-29-2/h3-5,16,18-19,24,27H,6-14H2,1-2H3/t16?,18-,19?/m1/s1. The summed E-state index contributed by atoms with van der Waals surface area (Å²) < 4.78 is 5.66. The number of rotatable bonds is 9. The summed E-state index contributed by atoms with van der Waals surface area (Å²) in [4.78, 5) is 24.4. The van der Waals surface area contributed by atoms with Crippen LogP contribution in [-0.4, -0.2) is 48.3 Å². The first kappa shape index (κ1) is 22.4. The summed E-state index contributed by atoms with van der Waals surface area (Å²) in [5.41, 5.74) is 1.40. The van der Waals surface area contributed by atoms with Crippen molar-refractivity contribution in [2.24, 2.45) is 5.92 Å². The lowest BCUT2D eigenvalue weighted by Crippen LogP contribution is -2.36. The highest BCUT2D eigenvalue weighted by molar-refractivity contribution is 7.98. The maximum absolute atomic E-state index is 12.7. The van der Waals surface area contributed by atoms with Crippen LogP contribution in [0.25, 0.3) is 0 Å². The SMILES string of the molecule is CSCCNC1CCC(CC(=O)C[C@H]2Cc3cccc(C(C)=O)c3OB2O)CC1. The minimum Gasteiger partial charge on any atom is -0.535 e. The van der Waals surface area contributed by atoms with E-state index in [0.717, 1.165) is 43.5 Å². The van der Waals surface area contributed by atoms with Crippen LogP contribution in [-0.2, 0) is 11.2 Å². The van der Waals surface area contributed by atoms with Crippen LogP contribution in [0.1, 0.15) is 61.4 Å². The topological polar surface area (TPSA) is 75.6 Å². The lowest BCUT2D eigenvalue weighted by atomic mass is 9.64. The Morgan fingerprint density at radius 1 is 1.24 bits per heavy atom. The number of thioether (sulfide) groups is 1. The third kappa shape index (κ3) is 6.09. The second-order valence-corrected chi connectivity index (χ2v) is 9.42. The molecule has 2 aliphatic rings. The molecule has 1 aliphatic heterocycles. The van der Waals surface area contributed by atoms with Crippen molar-refractivity contribution < 1.29 is 19.3 Å². The fourth-order valence-electron chi connectivity index (χ4n) is 4.57. The number of hydrogen-bond donors (Lipinski definition) is 2. The molecule has 0 bridgehead atoms. The van der Waals surface area contributed by atoms with Gasteiger partial charge in [-0.2, -0.15) is 11.8 Å². The van der Waals surface area contributed by atoms with Crippen molar-refractivity contribution in [1.82, 2.24) is 5.32 Å². The van der Waals surface area contributed by atoms with Gasteiger partial charge < -0.3 is 15.0 Å². The fraction of sp³-hybridized carbons (Fsp3) is 0.636. The van der Waals surface area contributed by atoms with Crippen LogP contribution in [0, 0.1) is 5.92 Å². The molecule has 3 rings (SSSR count). The van der Waals surface area contributed by atoms with Gasteiger partial charge in [0.1, 0.15) is 11.5 Å². The summed E-state index contributed by atoms with van der Waals surface area (Å²) in [6.07, 6.45) is 8.09.